The molecular formula is C4H10IN3O2. The Hall–Kier alpha value is 0.0800. The molecule has 0 aliphatic rings. The Labute approximate surface area is 73.0 Å². The predicted molar refractivity (Wildman–Crippen MR) is 45.4 cm³/mol. The molecule has 6 heteroatoms. The smallest absolute Gasteiger partial charge is 0.319 e. The first-order chi connectivity index (χ1) is 4.70. The molecule has 0 bridgehead atoms. The summed E-state index contributed by atoms with van der Waals surface area (Å²) in [6.45, 7) is 0.957. The van der Waals surface area contributed by atoms with E-state index in [1.165, 1.54) is 5.01 Å². The lowest BCUT2D eigenvalue weighted by atomic mass is 10.5. The van der Waals surface area contributed by atoms with Gasteiger partial charge in [-0.2, -0.15) is 3.64 Å². The van der Waals surface area contributed by atoms with Crippen LogP contribution in [0.2, 0.25) is 0 Å². The van der Waals surface area contributed by atoms with Crippen molar-refractivity contribution in [3.05, 3.63) is 0 Å². The van der Waals surface area contributed by atoms with Crippen molar-refractivity contribution >= 4 is 28.8 Å². The molecular weight excluding hydrogens is 249 g/mol. The molecule has 10 heavy (non-hydrogen) atoms. The second-order valence-electron chi connectivity index (χ2n) is 1.69. The third-order valence-electron chi connectivity index (χ3n) is 0.845. The number of aliphatic carboxylic acids is 1. The van der Waals surface area contributed by atoms with E-state index in [9.17, 15) is 4.79 Å². The lowest BCUT2D eigenvalue weighted by molar-refractivity contribution is -0.138. The van der Waals surface area contributed by atoms with Gasteiger partial charge < -0.3 is 10.8 Å². The number of hydrazine groups is 1. The summed E-state index contributed by atoms with van der Waals surface area (Å²) in [5.74, 6) is -0.863. The number of carboxylic acids is 1. The van der Waals surface area contributed by atoms with Gasteiger partial charge in [0.25, 0.3) is 0 Å². The second-order valence-corrected chi connectivity index (χ2v) is 2.17. The van der Waals surface area contributed by atoms with Crippen molar-refractivity contribution in [3.8, 4) is 0 Å². The van der Waals surface area contributed by atoms with Crippen LogP contribution in [0.1, 0.15) is 0 Å². The number of nitrogens with two attached hydrogens (primary N) is 1. The number of carbonyl (C=O) groups is 1. The maximum Gasteiger partial charge on any atom is 0.319 e. The van der Waals surface area contributed by atoms with E-state index in [1.807, 2.05) is 22.9 Å². The Bertz CT molecular complexity index is 111. The van der Waals surface area contributed by atoms with Gasteiger partial charge in [-0.3, -0.25) is 4.79 Å². The minimum absolute atomic E-state index is 0.0276. The van der Waals surface area contributed by atoms with Crippen LogP contribution >= 0.6 is 22.9 Å². The molecule has 0 unspecified atom stereocenters. The molecule has 0 aromatic heterocycles. The van der Waals surface area contributed by atoms with E-state index < -0.39 is 5.97 Å². The average molecular weight is 259 g/mol. The fraction of sp³-hybridized carbons (Fsp3) is 0.750. The molecule has 0 aromatic carbocycles. The van der Waals surface area contributed by atoms with Gasteiger partial charge in [0.05, 0.1) is 0 Å². The van der Waals surface area contributed by atoms with E-state index in [0.717, 1.165) is 0 Å². The normalized spacial score (nSPS) is 10.3. The van der Waals surface area contributed by atoms with Crippen LogP contribution in [-0.2, 0) is 4.79 Å². The number of hydrogen-bond donors (Lipinski definition) is 3. The van der Waals surface area contributed by atoms with Crippen LogP contribution in [-0.4, -0.2) is 35.7 Å². The van der Waals surface area contributed by atoms with Gasteiger partial charge in [-0.05, 0) is 0 Å². The van der Waals surface area contributed by atoms with Crippen LogP contribution in [0.4, 0.5) is 0 Å². The van der Waals surface area contributed by atoms with Gasteiger partial charge in [-0.25, -0.2) is 5.01 Å². The Morgan fingerprint density at radius 2 is 2.40 bits per heavy atom. The predicted octanol–water partition coefficient (Wildman–Crippen LogP) is -0.814. The Balaban J connectivity index is 3.49. The molecule has 0 amide bonds. The van der Waals surface area contributed by atoms with Crippen LogP contribution in [0, 0.1) is 0 Å². The standard InChI is InChI=1S/C4H10IN3O2/c5-7-8(2-1-6)3-4(9)10/h7H,1-3,6H2,(H,9,10). The van der Waals surface area contributed by atoms with Gasteiger partial charge in [-0.1, -0.05) is 0 Å². The summed E-state index contributed by atoms with van der Waals surface area (Å²) in [6, 6.07) is 0. The largest absolute Gasteiger partial charge is 0.480 e. The zero-order valence-electron chi connectivity index (χ0n) is 5.38. The van der Waals surface area contributed by atoms with E-state index in [0.29, 0.717) is 13.1 Å². The molecule has 0 saturated heterocycles. The van der Waals surface area contributed by atoms with Gasteiger partial charge in [0.2, 0.25) is 0 Å². The molecule has 0 rings (SSSR count). The van der Waals surface area contributed by atoms with Gasteiger partial charge in [0.1, 0.15) is 6.54 Å². The fourth-order valence-corrected chi connectivity index (χ4v) is 0.882. The van der Waals surface area contributed by atoms with Crippen LogP contribution in [0.15, 0.2) is 0 Å². The zero-order valence-corrected chi connectivity index (χ0v) is 7.54. The highest BCUT2D eigenvalue weighted by Crippen LogP contribution is 1.83. The Morgan fingerprint density at radius 1 is 1.80 bits per heavy atom. The summed E-state index contributed by atoms with van der Waals surface area (Å²) in [4.78, 5) is 10.1. The van der Waals surface area contributed by atoms with Crippen molar-refractivity contribution in [2.45, 2.75) is 0 Å². The minimum atomic E-state index is -0.863. The van der Waals surface area contributed by atoms with Gasteiger partial charge in [0, 0.05) is 36.0 Å². The van der Waals surface area contributed by atoms with Crippen molar-refractivity contribution in [2.24, 2.45) is 5.73 Å². The summed E-state index contributed by atoms with van der Waals surface area (Å²) >= 11 is 1.86. The number of halogens is 1. The van der Waals surface area contributed by atoms with E-state index >= 15 is 0 Å². The maximum absolute atomic E-state index is 10.1. The summed E-state index contributed by atoms with van der Waals surface area (Å²) in [5, 5.41) is 9.83. The Morgan fingerprint density at radius 3 is 2.70 bits per heavy atom. The van der Waals surface area contributed by atoms with E-state index in [2.05, 4.69) is 3.64 Å². The second kappa shape index (κ2) is 5.83. The lowest BCUT2D eigenvalue weighted by Crippen LogP contribution is -2.39. The first kappa shape index (κ1) is 10.1. The summed E-state index contributed by atoms with van der Waals surface area (Å²) in [5.41, 5.74) is 5.20. The van der Waals surface area contributed by atoms with Crippen LogP contribution < -0.4 is 9.37 Å². The van der Waals surface area contributed by atoms with E-state index in [1.54, 1.807) is 0 Å². The quantitative estimate of drug-likeness (QED) is 0.342. The molecule has 0 aliphatic carbocycles. The molecule has 0 aliphatic heterocycles. The molecule has 0 saturated carbocycles. The molecule has 0 fully saturated rings. The molecule has 0 spiro atoms. The van der Waals surface area contributed by atoms with Crippen molar-refractivity contribution in [3.63, 3.8) is 0 Å². The first-order valence-electron chi connectivity index (χ1n) is 2.73. The van der Waals surface area contributed by atoms with Gasteiger partial charge in [0.15, 0.2) is 0 Å². The first-order valence-corrected chi connectivity index (χ1v) is 3.81. The highest BCUT2D eigenvalue weighted by molar-refractivity contribution is 14.1. The monoisotopic (exact) mass is 259 g/mol. The van der Waals surface area contributed by atoms with Crippen LogP contribution in [0.5, 0.6) is 0 Å². The van der Waals surface area contributed by atoms with Gasteiger partial charge >= 0.3 is 5.97 Å². The Kier molecular flexibility index (Phi) is 5.88. The SMILES string of the molecule is NCCN(CC(=O)O)NI. The van der Waals surface area contributed by atoms with Crippen molar-refractivity contribution in [1.82, 2.24) is 8.65 Å². The summed E-state index contributed by atoms with van der Waals surface area (Å²) in [7, 11) is 0. The molecule has 0 aromatic rings. The molecule has 5 nitrogen and oxygen atoms in total. The molecule has 0 atom stereocenters. The number of nitrogens with one attached hydrogen (secondary N) is 1. The fourth-order valence-electron chi connectivity index (χ4n) is 0.470. The third-order valence-corrected chi connectivity index (χ3v) is 1.53. The number of rotatable bonds is 5. The van der Waals surface area contributed by atoms with Crippen molar-refractivity contribution < 1.29 is 9.90 Å². The maximum atomic E-state index is 10.1. The number of hydrogen-bond acceptors (Lipinski definition) is 4. The minimum Gasteiger partial charge on any atom is -0.480 e. The molecule has 60 valence electrons. The number of carboxylic acid groups (broad SMARTS) is 1. The molecule has 0 radical (unpaired) electrons. The van der Waals surface area contributed by atoms with E-state index in [4.69, 9.17) is 10.8 Å². The highest BCUT2D eigenvalue weighted by atomic mass is 127. The van der Waals surface area contributed by atoms with Crippen LogP contribution in [0.3, 0.4) is 0 Å². The third kappa shape index (κ3) is 4.91. The summed E-state index contributed by atoms with van der Waals surface area (Å²) < 4.78 is 2.68. The average Bonchev–Trinajstić information content (AvgIpc) is 1.86. The topological polar surface area (TPSA) is 78.6 Å². The molecule has 0 heterocycles. The van der Waals surface area contributed by atoms with Crippen LogP contribution in [0.25, 0.3) is 0 Å². The molecule has 4 N–H and O–H groups in total. The summed E-state index contributed by atoms with van der Waals surface area (Å²) in [6.07, 6.45) is 0. The highest BCUT2D eigenvalue weighted by Gasteiger charge is 2.05. The van der Waals surface area contributed by atoms with Crippen molar-refractivity contribution in [2.75, 3.05) is 19.6 Å². The van der Waals surface area contributed by atoms with Gasteiger partial charge in [-0.15, -0.1) is 0 Å². The lowest BCUT2D eigenvalue weighted by Gasteiger charge is -2.15. The van der Waals surface area contributed by atoms with E-state index in [-0.39, 0.29) is 6.54 Å². The number of nitrogens with zero attached hydrogens (tertiary/aromatic N) is 1. The van der Waals surface area contributed by atoms with Crippen molar-refractivity contribution in [1.29, 1.82) is 0 Å². The zero-order chi connectivity index (χ0) is 7.98.